The van der Waals surface area contributed by atoms with Gasteiger partial charge in [0.1, 0.15) is 11.5 Å². The first kappa shape index (κ1) is 16.6. The average molecular weight is 301 g/mol. The van der Waals surface area contributed by atoms with Crippen LogP contribution in [-0.2, 0) is 10.9 Å². The number of hydrogen-bond acceptors (Lipinski definition) is 4. The van der Waals surface area contributed by atoms with Gasteiger partial charge in [0.15, 0.2) is 5.75 Å². The summed E-state index contributed by atoms with van der Waals surface area (Å²) < 4.78 is 0. The normalized spacial score (nSPS) is 12.3. The van der Waals surface area contributed by atoms with E-state index in [1.165, 1.54) is 0 Å². The molecule has 1 aromatic carbocycles. The molecule has 0 amide bonds. The summed E-state index contributed by atoms with van der Waals surface area (Å²) in [6.45, 7) is 0.331. The van der Waals surface area contributed by atoms with Crippen LogP contribution in [0.2, 0.25) is 0 Å². The summed E-state index contributed by atoms with van der Waals surface area (Å²) in [7, 11) is -0.0606. The highest BCUT2D eigenvalue weighted by Gasteiger charge is 2.22. The fraction of sp³-hybridized carbons (Fsp3) is 0.500. The highest BCUT2D eigenvalue weighted by molar-refractivity contribution is 8.02. The third-order valence-electron chi connectivity index (χ3n) is 2.56. The predicted molar refractivity (Wildman–Crippen MR) is 84.2 cm³/mol. The minimum Gasteiger partial charge on any atom is -0.396 e. The molecule has 1 aromatic rings. The van der Waals surface area contributed by atoms with Gasteiger partial charge in [-0.1, -0.05) is 30.3 Å². The van der Waals surface area contributed by atoms with Gasteiger partial charge in [0.25, 0.3) is 0 Å². The molecule has 1 rings (SSSR count). The molecular formula is C14H21O3S2+. The molecule has 0 fully saturated rings. The van der Waals surface area contributed by atoms with E-state index < -0.39 is 0 Å². The summed E-state index contributed by atoms with van der Waals surface area (Å²) in [5, 5.41) is 17.8. The smallest absolute Gasteiger partial charge is 0.211 e. The topological polar surface area (TPSA) is 57.5 Å². The molecule has 0 bridgehead atoms. The largest absolute Gasteiger partial charge is 0.396 e. The van der Waals surface area contributed by atoms with E-state index in [1.54, 1.807) is 11.8 Å². The number of aliphatic hydroxyl groups is 2. The van der Waals surface area contributed by atoms with E-state index in [9.17, 15) is 4.79 Å². The van der Waals surface area contributed by atoms with Crippen molar-refractivity contribution in [1.29, 1.82) is 0 Å². The second kappa shape index (κ2) is 10.3. The number of Topliss-reactive ketones (excluding diaryl/α,β-unsaturated/α-hetero) is 1. The molecule has 19 heavy (non-hydrogen) atoms. The number of carbonyl (C=O) groups excluding carboxylic acids is 1. The number of ketones is 1. The molecular weight excluding hydrogens is 280 g/mol. The predicted octanol–water partition coefficient (Wildman–Crippen LogP) is 1.21. The number of carbonyl (C=O) groups is 1. The molecule has 0 spiro atoms. The first-order chi connectivity index (χ1) is 9.27. The van der Waals surface area contributed by atoms with E-state index >= 15 is 0 Å². The van der Waals surface area contributed by atoms with Crippen molar-refractivity contribution in [3.8, 4) is 0 Å². The van der Waals surface area contributed by atoms with Crippen molar-refractivity contribution < 1.29 is 15.0 Å². The maximum absolute atomic E-state index is 12.1. The van der Waals surface area contributed by atoms with Crippen molar-refractivity contribution in [3.05, 3.63) is 35.9 Å². The van der Waals surface area contributed by atoms with Gasteiger partial charge in [-0.3, -0.25) is 4.79 Å². The van der Waals surface area contributed by atoms with Crippen LogP contribution in [0, 0.1) is 0 Å². The highest BCUT2D eigenvalue weighted by Crippen LogP contribution is 2.08. The van der Waals surface area contributed by atoms with Crippen LogP contribution in [0.5, 0.6) is 0 Å². The Morgan fingerprint density at radius 3 is 2.42 bits per heavy atom. The molecule has 1 unspecified atom stereocenters. The summed E-state index contributed by atoms with van der Waals surface area (Å²) in [5.74, 6) is 3.98. The third kappa shape index (κ3) is 7.01. The molecule has 1 atom stereocenters. The summed E-state index contributed by atoms with van der Waals surface area (Å²) in [5.41, 5.74) is 0.751. The second-order valence-corrected chi connectivity index (χ2v) is 7.57. The minimum absolute atomic E-state index is 0.0606. The van der Waals surface area contributed by atoms with Crippen LogP contribution in [-0.4, -0.2) is 58.0 Å². The second-order valence-electron chi connectivity index (χ2n) is 4.01. The van der Waals surface area contributed by atoms with Crippen LogP contribution in [0.3, 0.4) is 0 Å². The van der Waals surface area contributed by atoms with Gasteiger partial charge in [0.05, 0.1) is 13.2 Å². The lowest BCUT2D eigenvalue weighted by Crippen LogP contribution is -2.25. The Kier molecular flexibility index (Phi) is 8.99. The van der Waals surface area contributed by atoms with Gasteiger partial charge in [-0.05, 0) is 10.9 Å². The zero-order chi connectivity index (χ0) is 13.9. The Morgan fingerprint density at radius 2 is 1.79 bits per heavy atom. The average Bonchev–Trinajstić information content (AvgIpc) is 2.44. The molecule has 106 valence electrons. The van der Waals surface area contributed by atoms with Crippen LogP contribution < -0.4 is 0 Å². The monoisotopic (exact) mass is 301 g/mol. The summed E-state index contributed by atoms with van der Waals surface area (Å²) in [6, 6.07) is 9.31. The third-order valence-corrected chi connectivity index (χ3v) is 6.00. The molecule has 0 aliphatic rings. The van der Waals surface area contributed by atoms with Crippen molar-refractivity contribution in [2.75, 3.05) is 42.0 Å². The minimum atomic E-state index is -0.0606. The van der Waals surface area contributed by atoms with Gasteiger partial charge >= 0.3 is 0 Å². The van der Waals surface area contributed by atoms with Crippen LogP contribution in [0.15, 0.2) is 30.3 Å². The van der Waals surface area contributed by atoms with E-state index in [-0.39, 0.29) is 29.9 Å². The number of benzene rings is 1. The van der Waals surface area contributed by atoms with Crippen molar-refractivity contribution in [1.82, 2.24) is 0 Å². The van der Waals surface area contributed by atoms with E-state index in [1.807, 2.05) is 30.3 Å². The Morgan fingerprint density at radius 1 is 1.05 bits per heavy atom. The fourth-order valence-corrected chi connectivity index (χ4v) is 4.65. The summed E-state index contributed by atoms with van der Waals surface area (Å²) >= 11 is 1.69. The van der Waals surface area contributed by atoms with Crippen molar-refractivity contribution in [2.45, 2.75) is 0 Å². The van der Waals surface area contributed by atoms with Crippen LogP contribution in [0.1, 0.15) is 10.4 Å². The molecule has 2 N–H and O–H groups in total. The first-order valence-electron chi connectivity index (χ1n) is 6.29. The molecule has 0 saturated carbocycles. The number of rotatable bonds is 10. The first-order valence-corrected chi connectivity index (χ1v) is 9.18. The van der Waals surface area contributed by atoms with E-state index in [0.29, 0.717) is 11.5 Å². The molecule has 0 aromatic heterocycles. The lowest BCUT2D eigenvalue weighted by molar-refractivity contribution is 0.102. The number of thioether (sulfide) groups is 1. The molecule has 0 aliphatic carbocycles. The molecule has 0 saturated heterocycles. The van der Waals surface area contributed by atoms with Gasteiger partial charge in [-0.15, -0.1) is 0 Å². The van der Waals surface area contributed by atoms with Crippen molar-refractivity contribution in [3.63, 3.8) is 0 Å². The molecule has 3 nitrogen and oxygen atoms in total. The lowest BCUT2D eigenvalue weighted by Gasteiger charge is -2.07. The van der Waals surface area contributed by atoms with Gasteiger partial charge in [-0.2, -0.15) is 11.8 Å². The highest BCUT2D eigenvalue weighted by atomic mass is 32.2. The standard InChI is InChI=1S/C14H21O3S2/c15-6-8-18-9-11-19(10-7-16)12-14(17)13-4-2-1-3-5-13/h1-5,15-16H,6-12H2/q+1. The molecule has 0 aliphatic heterocycles. The van der Waals surface area contributed by atoms with Gasteiger partial charge in [-0.25, -0.2) is 0 Å². The maximum atomic E-state index is 12.1. The Balaban J connectivity index is 2.41. The van der Waals surface area contributed by atoms with Crippen LogP contribution >= 0.6 is 11.8 Å². The van der Waals surface area contributed by atoms with Crippen LogP contribution in [0.4, 0.5) is 0 Å². The zero-order valence-corrected chi connectivity index (χ0v) is 12.6. The maximum Gasteiger partial charge on any atom is 0.211 e. The Hall–Kier alpha value is -0.490. The Bertz CT molecular complexity index is 357. The molecule has 0 heterocycles. The van der Waals surface area contributed by atoms with E-state index in [4.69, 9.17) is 10.2 Å². The summed E-state index contributed by atoms with van der Waals surface area (Å²) in [4.78, 5) is 12.1. The van der Waals surface area contributed by atoms with E-state index in [0.717, 1.165) is 22.8 Å². The zero-order valence-electron chi connectivity index (χ0n) is 11.0. The van der Waals surface area contributed by atoms with Gasteiger partial charge < -0.3 is 10.2 Å². The quantitative estimate of drug-likeness (QED) is 0.387. The van der Waals surface area contributed by atoms with Crippen LogP contribution in [0.25, 0.3) is 0 Å². The number of hydrogen-bond donors (Lipinski definition) is 2. The van der Waals surface area contributed by atoms with Gasteiger partial charge in [0, 0.05) is 17.1 Å². The summed E-state index contributed by atoms with van der Waals surface area (Å²) in [6.07, 6.45) is 0. The molecule has 5 heteroatoms. The number of aliphatic hydroxyl groups excluding tert-OH is 2. The Labute approximate surface area is 121 Å². The van der Waals surface area contributed by atoms with Gasteiger partial charge in [0.2, 0.25) is 5.78 Å². The fourth-order valence-electron chi connectivity index (χ4n) is 1.61. The lowest BCUT2D eigenvalue weighted by atomic mass is 10.2. The van der Waals surface area contributed by atoms with E-state index in [2.05, 4.69) is 0 Å². The SMILES string of the molecule is O=C(C[S+](CCO)CCSCCO)c1ccccc1. The molecule has 0 radical (unpaired) electrons. The van der Waals surface area contributed by atoms with Crippen molar-refractivity contribution in [2.24, 2.45) is 0 Å². The van der Waals surface area contributed by atoms with Crippen molar-refractivity contribution >= 4 is 28.4 Å².